The third-order valence-electron chi connectivity index (χ3n) is 11.3. The zero-order chi connectivity index (χ0) is 51.0. The first-order valence-electron chi connectivity index (χ1n) is 24.5. The van der Waals surface area contributed by atoms with E-state index in [1.54, 1.807) is 0 Å². The van der Waals surface area contributed by atoms with Gasteiger partial charge in [0.05, 0.1) is 19.8 Å². The first-order chi connectivity index (χ1) is 32.4. The molecule has 0 aromatic rings. The average molecular weight is 970 g/mol. The van der Waals surface area contributed by atoms with E-state index in [1.165, 1.54) is 32.1 Å². The molecule has 0 heterocycles. The van der Waals surface area contributed by atoms with E-state index in [9.17, 15) is 58.5 Å². The van der Waals surface area contributed by atoms with Crippen molar-refractivity contribution in [2.45, 2.75) is 192 Å². The molecule has 5 amide bonds. The van der Waals surface area contributed by atoms with Crippen molar-refractivity contribution in [2.75, 3.05) is 39.5 Å². The number of amides is 5. The second kappa shape index (κ2) is 40.9. The van der Waals surface area contributed by atoms with Gasteiger partial charge in [-0.05, 0) is 57.8 Å². The Balaban J connectivity index is 4.11. The Morgan fingerprint density at radius 1 is 0.426 bits per heavy atom. The van der Waals surface area contributed by atoms with Gasteiger partial charge in [-0.15, -0.1) is 0 Å². The number of carbonyl (C=O) groups is 9. The number of allylic oxidation sites excluding steroid dienone is 1. The lowest BCUT2D eigenvalue weighted by Gasteiger charge is -2.17. The number of hydrogen-bond acceptors (Lipinski definition) is 11. The van der Waals surface area contributed by atoms with Crippen LogP contribution in [0, 0.1) is 5.92 Å². The molecule has 0 saturated carbocycles. The summed E-state index contributed by atoms with van der Waals surface area (Å²) >= 11 is 0. The lowest BCUT2D eigenvalue weighted by Crippen LogP contribution is -2.45. The van der Waals surface area contributed by atoms with Crippen LogP contribution in [-0.4, -0.2) is 131 Å². The number of rotatable bonds is 46. The lowest BCUT2D eigenvalue weighted by atomic mass is 9.98. The maximum atomic E-state index is 12.5. The summed E-state index contributed by atoms with van der Waals surface area (Å²) in [7, 11) is 0. The van der Waals surface area contributed by atoms with Crippen LogP contribution in [0.25, 0.3) is 0 Å². The number of hydrogen-bond donors (Lipinski definition) is 9. The van der Waals surface area contributed by atoms with Crippen LogP contribution < -0.4 is 26.6 Å². The highest BCUT2D eigenvalue weighted by Gasteiger charge is 2.25. The van der Waals surface area contributed by atoms with E-state index >= 15 is 0 Å². The van der Waals surface area contributed by atoms with Gasteiger partial charge in [-0.1, -0.05) is 103 Å². The minimum absolute atomic E-state index is 0.0299. The van der Waals surface area contributed by atoms with Crippen LogP contribution in [0.3, 0.4) is 0 Å². The largest absolute Gasteiger partial charge is 0.481 e. The van der Waals surface area contributed by atoms with Gasteiger partial charge in [0, 0.05) is 45.2 Å². The molecule has 0 aliphatic rings. The summed E-state index contributed by atoms with van der Waals surface area (Å²) in [5, 5.41) is 49.6. The van der Waals surface area contributed by atoms with Gasteiger partial charge in [-0.2, -0.15) is 0 Å². The summed E-state index contributed by atoms with van der Waals surface area (Å²) in [5.41, 5.74) is 1.09. The van der Waals surface area contributed by atoms with Gasteiger partial charge in [0.2, 0.25) is 29.5 Å². The molecule has 390 valence electrons. The van der Waals surface area contributed by atoms with Crippen molar-refractivity contribution in [1.29, 1.82) is 0 Å². The van der Waals surface area contributed by atoms with Gasteiger partial charge < -0.3 is 56.5 Å². The first-order valence-corrected chi connectivity index (χ1v) is 24.5. The highest BCUT2D eigenvalue weighted by Crippen LogP contribution is 2.16. The highest BCUT2D eigenvalue weighted by molar-refractivity contribution is 5.87. The standard InChI is InChI=1S/C48H83N5O15/c1-35(2)36(3)20-18-19-29-49-40(54)26-23-38(47(63)64)52-43(57)28-25-39(48(65)66)53-44(58)34-68-33-32-67-31-30-50-41(55)27-24-37(46(61)62)51-42(56)21-16-14-12-10-8-6-4-5-7-9-11-13-15-17-22-45(59)60/h36-39H,1,4-34H2,2-3H3,(H,49,54)(H,50,55)(H,51,56)(H,52,57)(H,53,58)(H,59,60)(H,61,62)(H,63,64)(H,65,66)/t36-,37-,38-,39-/m0/s1. The Labute approximate surface area is 402 Å². The molecule has 0 aromatic heterocycles. The molecule has 0 aliphatic heterocycles. The number of carboxylic acid groups (broad SMARTS) is 4. The van der Waals surface area contributed by atoms with Crippen LogP contribution in [0.15, 0.2) is 12.2 Å². The summed E-state index contributed by atoms with van der Waals surface area (Å²) < 4.78 is 10.6. The summed E-state index contributed by atoms with van der Waals surface area (Å²) in [6, 6.07) is -4.03. The predicted octanol–water partition coefficient (Wildman–Crippen LogP) is 5.01. The minimum atomic E-state index is -1.46. The van der Waals surface area contributed by atoms with E-state index in [1.807, 2.05) is 6.92 Å². The second-order valence-electron chi connectivity index (χ2n) is 17.4. The Bertz CT molecular complexity index is 1530. The van der Waals surface area contributed by atoms with Gasteiger partial charge in [-0.3, -0.25) is 28.8 Å². The lowest BCUT2D eigenvalue weighted by molar-refractivity contribution is -0.144. The van der Waals surface area contributed by atoms with Gasteiger partial charge in [0.1, 0.15) is 24.7 Å². The number of aliphatic carboxylic acids is 4. The van der Waals surface area contributed by atoms with Crippen LogP contribution >= 0.6 is 0 Å². The summed E-state index contributed by atoms with van der Waals surface area (Å²) in [5.74, 6) is -7.03. The molecule has 20 nitrogen and oxygen atoms in total. The minimum Gasteiger partial charge on any atom is -0.481 e. The smallest absolute Gasteiger partial charge is 0.326 e. The fourth-order valence-electron chi connectivity index (χ4n) is 6.92. The van der Waals surface area contributed by atoms with E-state index in [-0.39, 0.29) is 83.1 Å². The molecule has 0 fully saturated rings. The number of unbranched alkanes of at least 4 members (excludes halogenated alkanes) is 14. The van der Waals surface area contributed by atoms with E-state index in [4.69, 9.17) is 14.6 Å². The Hall–Kier alpha value is -5.11. The van der Waals surface area contributed by atoms with Crippen molar-refractivity contribution in [3.63, 3.8) is 0 Å². The Kier molecular flexibility index (Phi) is 37.8. The highest BCUT2D eigenvalue weighted by atomic mass is 16.5. The molecular weight excluding hydrogens is 887 g/mol. The molecule has 0 rings (SSSR count). The molecule has 4 atom stereocenters. The Morgan fingerprint density at radius 2 is 0.809 bits per heavy atom. The topological polar surface area (TPSA) is 313 Å². The van der Waals surface area contributed by atoms with Gasteiger partial charge in [0.15, 0.2) is 0 Å². The van der Waals surface area contributed by atoms with Gasteiger partial charge in [-0.25, -0.2) is 14.4 Å². The Morgan fingerprint density at radius 3 is 1.25 bits per heavy atom. The van der Waals surface area contributed by atoms with Gasteiger partial charge in [0.25, 0.3) is 0 Å². The third kappa shape index (κ3) is 37.9. The molecule has 0 spiro atoms. The normalized spacial score (nSPS) is 12.7. The molecule has 0 unspecified atom stereocenters. The molecule has 0 bridgehead atoms. The molecule has 0 aliphatic carbocycles. The van der Waals surface area contributed by atoms with Crippen LogP contribution in [0.5, 0.6) is 0 Å². The number of carbonyl (C=O) groups excluding carboxylic acids is 5. The molecule has 9 N–H and O–H groups in total. The van der Waals surface area contributed by atoms with Crippen LogP contribution in [0.1, 0.15) is 174 Å². The third-order valence-corrected chi connectivity index (χ3v) is 11.3. The zero-order valence-electron chi connectivity index (χ0n) is 40.7. The van der Waals surface area contributed by atoms with Crippen molar-refractivity contribution in [3.05, 3.63) is 12.2 Å². The van der Waals surface area contributed by atoms with Gasteiger partial charge >= 0.3 is 23.9 Å². The van der Waals surface area contributed by atoms with E-state index in [0.717, 1.165) is 76.2 Å². The second-order valence-corrected chi connectivity index (χ2v) is 17.4. The molecular formula is C48H83N5O15. The molecule has 0 saturated heterocycles. The van der Waals surface area contributed by atoms with Crippen molar-refractivity contribution >= 4 is 53.4 Å². The molecule has 20 heteroatoms. The van der Waals surface area contributed by atoms with Crippen LogP contribution in [-0.2, 0) is 52.6 Å². The number of nitrogens with one attached hydrogen (secondary N) is 5. The summed E-state index contributed by atoms with van der Waals surface area (Å²) in [6.45, 7) is 8.06. The zero-order valence-corrected chi connectivity index (χ0v) is 40.7. The fraction of sp³-hybridized carbons (Fsp3) is 0.771. The quantitative estimate of drug-likeness (QED) is 0.0286. The van der Waals surface area contributed by atoms with Crippen molar-refractivity contribution < 1.29 is 73.1 Å². The van der Waals surface area contributed by atoms with E-state index in [0.29, 0.717) is 18.9 Å². The van der Waals surface area contributed by atoms with Crippen LogP contribution in [0.4, 0.5) is 0 Å². The maximum Gasteiger partial charge on any atom is 0.326 e. The van der Waals surface area contributed by atoms with E-state index < -0.39 is 72.8 Å². The summed E-state index contributed by atoms with van der Waals surface area (Å²) in [6.07, 6.45) is 16.5. The van der Waals surface area contributed by atoms with E-state index in [2.05, 4.69) is 40.1 Å². The SMILES string of the molecule is C=C(C)[C@@H](C)CCCCNC(=O)CC[C@H](NC(=O)CC[C@H](NC(=O)COCCOCCNC(=O)CC[C@H](NC(=O)CCCCCCCCCCCCCCCCC(=O)O)C(=O)O)C(=O)O)C(=O)O. The maximum absolute atomic E-state index is 12.5. The first kappa shape index (κ1) is 62.9. The molecule has 0 radical (unpaired) electrons. The monoisotopic (exact) mass is 970 g/mol. The number of carboxylic acids is 4. The predicted molar refractivity (Wildman–Crippen MR) is 253 cm³/mol. The van der Waals surface area contributed by atoms with Crippen molar-refractivity contribution in [1.82, 2.24) is 26.6 Å². The fourth-order valence-corrected chi connectivity index (χ4v) is 6.92. The van der Waals surface area contributed by atoms with Crippen LogP contribution in [0.2, 0.25) is 0 Å². The van der Waals surface area contributed by atoms with Crippen molar-refractivity contribution in [2.24, 2.45) is 5.92 Å². The van der Waals surface area contributed by atoms with Crippen molar-refractivity contribution in [3.8, 4) is 0 Å². The average Bonchev–Trinajstić information content (AvgIpc) is 3.27. The number of ether oxygens (including phenoxy) is 2. The molecule has 68 heavy (non-hydrogen) atoms. The summed E-state index contributed by atoms with van der Waals surface area (Å²) in [4.78, 5) is 107. The molecule has 0 aromatic carbocycles.